The van der Waals surface area contributed by atoms with Crippen LogP contribution in [0.4, 0.5) is 0 Å². The van der Waals surface area contributed by atoms with Gasteiger partial charge in [-0.05, 0) is 19.1 Å². The fourth-order valence-corrected chi connectivity index (χ4v) is 1.62. The number of hydrogen-bond acceptors (Lipinski definition) is 5. The van der Waals surface area contributed by atoms with Crippen molar-refractivity contribution in [3.8, 4) is 11.4 Å². The summed E-state index contributed by atoms with van der Waals surface area (Å²) in [5.41, 5.74) is 1.05. The molecule has 0 aliphatic heterocycles. The maximum absolute atomic E-state index is 7.68. The zero-order chi connectivity index (χ0) is 12.6. The molecule has 2 aromatic heterocycles. The molecule has 0 amide bonds. The summed E-state index contributed by atoms with van der Waals surface area (Å²) in [5.74, 6) is 0.940. The molecule has 0 saturated heterocycles. The molecule has 0 aromatic carbocycles. The van der Waals surface area contributed by atoms with Gasteiger partial charge in [-0.25, -0.2) is 0 Å². The molecule has 6 nitrogen and oxygen atoms in total. The minimum absolute atomic E-state index is 0.259. The molecule has 0 atom stereocenters. The van der Waals surface area contributed by atoms with Gasteiger partial charge >= 0.3 is 0 Å². The fourth-order valence-electron chi connectivity index (χ4n) is 1.48. The Bertz CT molecular complexity index is 638. The van der Waals surface area contributed by atoms with Crippen LogP contribution < -0.4 is 5.49 Å². The predicted molar refractivity (Wildman–Crippen MR) is 66.3 cm³/mol. The van der Waals surface area contributed by atoms with E-state index in [4.69, 9.17) is 10.8 Å². The molecular formula is C10H12N6S. The Morgan fingerprint density at radius 1 is 1.35 bits per heavy atom. The fraction of sp³-hybridized carbons (Fsp3) is 0.200. The summed E-state index contributed by atoms with van der Waals surface area (Å²) >= 11 is 4.16. The molecule has 2 N–H and O–H groups in total. The van der Waals surface area contributed by atoms with Gasteiger partial charge in [-0.2, -0.15) is 0 Å². The summed E-state index contributed by atoms with van der Waals surface area (Å²) in [7, 11) is 1.81. The Hall–Kier alpha value is -1.89. The number of nitrogens with one attached hydrogen (secondary N) is 2. The lowest BCUT2D eigenvalue weighted by molar-refractivity contribution is 0.797. The average Bonchev–Trinajstić information content (AvgIpc) is 2.60. The van der Waals surface area contributed by atoms with E-state index >= 15 is 0 Å². The van der Waals surface area contributed by atoms with Crippen LogP contribution in [0.1, 0.15) is 6.92 Å². The lowest BCUT2D eigenvalue weighted by atomic mass is 10.2. The molecule has 0 saturated carbocycles. The first-order valence-electron chi connectivity index (χ1n) is 4.92. The second-order valence-electron chi connectivity index (χ2n) is 3.64. The van der Waals surface area contributed by atoms with Gasteiger partial charge in [0.2, 0.25) is 0 Å². The van der Waals surface area contributed by atoms with Crippen LogP contribution in [-0.4, -0.2) is 25.2 Å². The first-order chi connectivity index (χ1) is 8.00. The van der Waals surface area contributed by atoms with Crippen LogP contribution in [0.25, 0.3) is 11.4 Å². The summed E-state index contributed by atoms with van der Waals surface area (Å²) in [6.07, 6.45) is 1.70. The first kappa shape index (κ1) is 11.6. The summed E-state index contributed by atoms with van der Waals surface area (Å²) in [4.78, 5) is 0. The van der Waals surface area contributed by atoms with E-state index in [1.54, 1.807) is 29.8 Å². The minimum atomic E-state index is 0.259. The van der Waals surface area contributed by atoms with Crippen LogP contribution >= 0.6 is 12.6 Å². The second kappa shape index (κ2) is 4.17. The smallest absolute Gasteiger partial charge is 0.188 e. The van der Waals surface area contributed by atoms with Crippen molar-refractivity contribution < 1.29 is 0 Å². The zero-order valence-corrected chi connectivity index (χ0v) is 10.4. The largest absolute Gasteiger partial charge is 0.305 e. The Morgan fingerprint density at radius 3 is 2.59 bits per heavy atom. The van der Waals surface area contributed by atoms with Crippen LogP contribution in [-0.2, 0) is 7.05 Å². The van der Waals surface area contributed by atoms with Crippen molar-refractivity contribution in [2.45, 2.75) is 12.1 Å². The Kier molecular flexibility index (Phi) is 2.84. The summed E-state index contributed by atoms with van der Waals surface area (Å²) in [6.45, 7) is 1.63. The number of thiol groups is 1. The van der Waals surface area contributed by atoms with E-state index in [0.717, 1.165) is 5.56 Å². The van der Waals surface area contributed by atoms with Gasteiger partial charge in [0.05, 0.1) is 0 Å². The molecule has 17 heavy (non-hydrogen) atoms. The standard InChI is InChI=1S/C10H12N6S/c1-6(11)16-5-7(3-4-8(16)12)9-13-14-10(17)15(9)2/h3-5,11-12H,1-2H3,(H,14,17). The number of hydrogen-bond donors (Lipinski definition) is 3. The number of nitrogens with zero attached hydrogens (tertiary/aromatic N) is 4. The van der Waals surface area contributed by atoms with Crippen LogP contribution in [0, 0.1) is 10.8 Å². The van der Waals surface area contributed by atoms with Gasteiger partial charge in [0.15, 0.2) is 11.0 Å². The molecule has 0 unspecified atom stereocenters. The summed E-state index contributed by atoms with van der Waals surface area (Å²) in [5, 5.41) is 23.6. The van der Waals surface area contributed by atoms with Gasteiger partial charge in [-0.15, -0.1) is 22.8 Å². The molecule has 2 heterocycles. The molecule has 0 fully saturated rings. The van der Waals surface area contributed by atoms with E-state index in [1.165, 1.54) is 4.57 Å². The third-order valence-corrected chi connectivity index (χ3v) is 2.81. The van der Waals surface area contributed by atoms with Crippen LogP contribution in [0.2, 0.25) is 0 Å². The zero-order valence-electron chi connectivity index (χ0n) is 9.47. The second-order valence-corrected chi connectivity index (χ2v) is 4.04. The van der Waals surface area contributed by atoms with Gasteiger partial charge in [0.1, 0.15) is 11.3 Å². The van der Waals surface area contributed by atoms with E-state index in [0.29, 0.717) is 11.0 Å². The maximum Gasteiger partial charge on any atom is 0.188 e. The number of rotatable bonds is 1. The highest BCUT2D eigenvalue weighted by molar-refractivity contribution is 7.80. The highest BCUT2D eigenvalue weighted by atomic mass is 32.1. The molecule has 2 aromatic rings. The molecule has 2 rings (SSSR count). The van der Waals surface area contributed by atoms with Crippen molar-refractivity contribution in [1.82, 2.24) is 19.3 Å². The molecule has 0 aliphatic carbocycles. The van der Waals surface area contributed by atoms with Gasteiger partial charge < -0.3 is 4.57 Å². The molecule has 0 spiro atoms. The summed E-state index contributed by atoms with van der Waals surface area (Å²) < 4.78 is 3.22. The van der Waals surface area contributed by atoms with Crippen molar-refractivity contribution >= 4 is 18.5 Å². The predicted octanol–water partition coefficient (Wildman–Crippen LogP) is 0.897. The van der Waals surface area contributed by atoms with E-state index < -0.39 is 0 Å². The quantitative estimate of drug-likeness (QED) is 0.398. The highest BCUT2D eigenvalue weighted by Crippen LogP contribution is 2.16. The van der Waals surface area contributed by atoms with Gasteiger partial charge in [0, 0.05) is 18.8 Å². The molecule has 0 radical (unpaired) electrons. The van der Waals surface area contributed by atoms with Gasteiger partial charge in [0.25, 0.3) is 0 Å². The maximum atomic E-state index is 7.68. The van der Waals surface area contributed by atoms with E-state index in [9.17, 15) is 0 Å². The Labute approximate surface area is 103 Å². The normalized spacial score (nSPS) is 10.5. The SMILES string of the molecule is CC(=N)n1cc(-c2nnc(S)n2C)ccc1=N. The first-order valence-corrected chi connectivity index (χ1v) is 5.37. The molecule has 0 bridgehead atoms. The molecule has 7 heteroatoms. The van der Waals surface area contributed by atoms with Crippen molar-refractivity contribution in [2.75, 3.05) is 0 Å². The third-order valence-electron chi connectivity index (χ3n) is 2.42. The van der Waals surface area contributed by atoms with Crippen molar-refractivity contribution in [2.24, 2.45) is 7.05 Å². The van der Waals surface area contributed by atoms with Crippen LogP contribution in [0.3, 0.4) is 0 Å². The van der Waals surface area contributed by atoms with Crippen LogP contribution in [0.15, 0.2) is 23.5 Å². The number of aromatic nitrogens is 4. The van der Waals surface area contributed by atoms with Gasteiger partial charge in [-0.3, -0.25) is 15.4 Å². The van der Waals surface area contributed by atoms with Crippen molar-refractivity contribution in [3.63, 3.8) is 0 Å². The van der Waals surface area contributed by atoms with E-state index in [-0.39, 0.29) is 11.3 Å². The topological polar surface area (TPSA) is 83.3 Å². The lowest BCUT2D eigenvalue weighted by Crippen LogP contribution is -2.23. The molecule has 88 valence electrons. The molecular weight excluding hydrogens is 236 g/mol. The highest BCUT2D eigenvalue weighted by Gasteiger charge is 2.09. The number of pyridine rings is 1. The Morgan fingerprint density at radius 2 is 2.06 bits per heavy atom. The summed E-state index contributed by atoms with van der Waals surface area (Å²) in [6, 6.07) is 3.40. The minimum Gasteiger partial charge on any atom is -0.305 e. The Balaban J connectivity index is 2.62. The monoisotopic (exact) mass is 248 g/mol. The van der Waals surface area contributed by atoms with Crippen LogP contribution in [0.5, 0.6) is 0 Å². The van der Waals surface area contributed by atoms with Gasteiger partial charge in [-0.1, -0.05) is 0 Å². The third kappa shape index (κ3) is 2.01. The lowest BCUT2D eigenvalue weighted by Gasteiger charge is -2.07. The van der Waals surface area contributed by atoms with Crippen molar-refractivity contribution in [3.05, 3.63) is 23.8 Å². The molecule has 0 aliphatic rings. The van der Waals surface area contributed by atoms with Crippen molar-refractivity contribution in [1.29, 1.82) is 10.8 Å². The van der Waals surface area contributed by atoms with E-state index in [1.807, 2.05) is 7.05 Å². The van der Waals surface area contributed by atoms with E-state index in [2.05, 4.69) is 22.8 Å². The average molecular weight is 248 g/mol.